The van der Waals surface area contributed by atoms with Gasteiger partial charge in [-0.05, 0) is 34.0 Å². The molecule has 21 heavy (non-hydrogen) atoms. The van der Waals surface area contributed by atoms with Gasteiger partial charge in [0, 0.05) is 9.85 Å². The molecule has 3 rings (SSSR count). The van der Waals surface area contributed by atoms with E-state index in [1.807, 2.05) is 18.2 Å². The number of thiazole rings is 1. The lowest BCUT2D eigenvalue weighted by Gasteiger charge is -2.09. The summed E-state index contributed by atoms with van der Waals surface area (Å²) in [7, 11) is 1.66. The maximum atomic E-state index is 5.44. The topological polar surface area (TPSA) is 35.0 Å². The highest BCUT2D eigenvalue weighted by Crippen LogP contribution is 2.39. The third-order valence-electron chi connectivity index (χ3n) is 3.28. The summed E-state index contributed by atoms with van der Waals surface area (Å²) < 4.78 is 6.37. The van der Waals surface area contributed by atoms with Crippen molar-refractivity contribution in [3.63, 3.8) is 0 Å². The van der Waals surface area contributed by atoms with Crippen LogP contribution in [0.15, 0.2) is 28.1 Å². The minimum Gasteiger partial charge on any atom is -0.496 e. The molecule has 0 aliphatic rings. The van der Waals surface area contributed by atoms with E-state index in [4.69, 9.17) is 4.74 Å². The van der Waals surface area contributed by atoms with Crippen molar-refractivity contribution in [2.75, 3.05) is 7.11 Å². The molecule has 5 heteroatoms. The van der Waals surface area contributed by atoms with Gasteiger partial charge < -0.3 is 4.74 Å². The van der Waals surface area contributed by atoms with Crippen molar-refractivity contribution in [1.29, 1.82) is 0 Å². The largest absolute Gasteiger partial charge is 0.496 e. The molecule has 0 aliphatic carbocycles. The van der Waals surface area contributed by atoms with Gasteiger partial charge in [-0.3, -0.25) is 0 Å². The quantitative estimate of drug-likeness (QED) is 0.654. The predicted octanol–water partition coefficient (Wildman–Crippen LogP) is 5.05. The van der Waals surface area contributed by atoms with Gasteiger partial charge in [-0.2, -0.15) is 0 Å². The number of rotatable bonds is 3. The van der Waals surface area contributed by atoms with Crippen LogP contribution >= 0.6 is 27.3 Å². The van der Waals surface area contributed by atoms with Crippen LogP contribution in [0, 0.1) is 6.20 Å². The van der Waals surface area contributed by atoms with E-state index in [-0.39, 0.29) is 0 Å². The second-order valence-corrected chi connectivity index (χ2v) is 6.65. The number of nitrogens with zero attached hydrogens (tertiary/aromatic N) is 2. The zero-order chi connectivity index (χ0) is 15.0. The molecule has 2 heterocycles. The smallest absolute Gasteiger partial charge is 0.129 e. The average molecular weight is 362 g/mol. The SMILES string of the molecule is COc1cccc2n[c]c(-c3nc(C(C)C)cs3)c(Br)c12. The Morgan fingerprint density at radius 1 is 1.33 bits per heavy atom. The molecule has 107 valence electrons. The minimum absolute atomic E-state index is 0.414. The van der Waals surface area contributed by atoms with Gasteiger partial charge in [-0.25, -0.2) is 9.97 Å². The van der Waals surface area contributed by atoms with Crippen molar-refractivity contribution in [3.05, 3.63) is 39.9 Å². The van der Waals surface area contributed by atoms with E-state index in [2.05, 4.69) is 51.3 Å². The fourth-order valence-electron chi connectivity index (χ4n) is 2.10. The molecule has 1 aromatic carbocycles. The third kappa shape index (κ3) is 2.56. The van der Waals surface area contributed by atoms with E-state index in [0.717, 1.165) is 37.4 Å². The molecule has 0 saturated heterocycles. The summed E-state index contributed by atoms with van der Waals surface area (Å²) in [6.07, 6.45) is 3.10. The maximum absolute atomic E-state index is 5.44. The van der Waals surface area contributed by atoms with E-state index in [1.165, 1.54) is 0 Å². The molecule has 0 bridgehead atoms. The van der Waals surface area contributed by atoms with Crippen LogP contribution in [0.3, 0.4) is 0 Å². The number of halogens is 1. The number of hydrogen-bond acceptors (Lipinski definition) is 4. The van der Waals surface area contributed by atoms with Crippen LogP contribution in [0.25, 0.3) is 21.5 Å². The average Bonchev–Trinajstić information content (AvgIpc) is 2.97. The van der Waals surface area contributed by atoms with Gasteiger partial charge in [0.05, 0.1) is 29.3 Å². The summed E-state index contributed by atoms with van der Waals surface area (Å²) >= 11 is 5.29. The molecule has 0 N–H and O–H groups in total. The Labute approximate surface area is 136 Å². The summed E-state index contributed by atoms with van der Waals surface area (Å²) in [6.45, 7) is 4.28. The van der Waals surface area contributed by atoms with Gasteiger partial charge in [-0.1, -0.05) is 19.9 Å². The first-order chi connectivity index (χ1) is 10.1. The van der Waals surface area contributed by atoms with Gasteiger partial charge in [0.1, 0.15) is 17.0 Å². The van der Waals surface area contributed by atoms with Crippen molar-refractivity contribution >= 4 is 38.2 Å². The molecular formula is C16H14BrN2OS. The Bertz CT molecular complexity index is 798. The first-order valence-corrected chi connectivity index (χ1v) is 8.28. The van der Waals surface area contributed by atoms with Crippen LogP contribution in [-0.2, 0) is 0 Å². The third-order valence-corrected chi connectivity index (χ3v) is 4.95. The maximum Gasteiger partial charge on any atom is 0.129 e. The highest BCUT2D eigenvalue weighted by Gasteiger charge is 2.16. The number of benzene rings is 1. The Kier molecular flexibility index (Phi) is 3.95. The molecule has 3 nitrogen and oxygen atoms in total. The fourth-order valence-corrected chi connectivity index (χ4v) is 3.89. The Hall–Kier alpha value is -1.46. The Balaban J connectivity index is 2.21. The van der Waals surface area contributed by atoms with E-state index >= 15 is 0 Å². The van der Waals surface area contributed by atoms with Gasteiger partial charge in [0.2, 0.25) is 0 Å². The van der Waals surface area contributed by atoms with Crippen LogP contribution < -0.4 is 4.74 Å². The Morgan fingerprint density at radius 3 is 2.81 bits per heavy atom. The zero-order valence-corrected chi connectivity index (χ0v) is 14.4. The van der Waals surface area contributed by atoms with Gasteiger partial charge in [0.15, 0.2) is 0 Å². The molecule has 0 spiro atoms. The molecule has 0 unspecified atom stereocenters. The second-order valence-electron chi connectivity index (χ2n) is 5.00. The summed E-state index contributed by atoms with van der Waals surface area (Å²) in [5, 5.41) is 3.97. The highest BCUT2D eigenvalue weighted by molar-refractivity contribution is 9.10. The normalized spacial score (nSPS) is 11.3. The first-order valence-electron chi connectivity index (χ1n) is 6.61. The van der Waals surface area contributed by atoms with Crippen molar-refractivity contribution in [3.8, 4) is 16.3 Å². The van der Waals surface area contributed by atoms with Crippen molar-refractivity contribution in [1.82, 2.24) is 9.97 Å². The highest BCUT2D eigenvalue weighted by atomic mass is 79.9. The molecule has 0 fully saturated rings. The number of fused-ring (bicyclic) bond motifs is 1. The number of aromatic nitrogens is 2. The summed E-state index contributed by atoms with van der Waals surface area (Å²) in [5.74, 6) is 1.21. The van der Waals surface area contributed by atoms with Gasteiger partial charge >= 0.3 is 0 Å². The van der Waals surface area contributed by atoms with Crippen molar-refractivity contribution < 1.29 is 4.74 Å². The standard InChI is InChI=1S/C16H14BrN2OS/c1-9(2)12-8-21-16(19-12)10-7-18-11-5-4-6-13(20-3)14(11)15(10)17/h4-6,8-9H,1-3H3. The van der Waals surface area contributed by atoms with Crippen molar-refractivity contribution in [2.45, 2.75) is 19.8 Å². The summed E-state index contributed by atoms with van der Waals surface area (Å²) in [4.78, 5) is 9.09. The van der Waals surface area contributed by atoms with Gasteiger partial charge in [0.25, 0.3) is 0 Å². The molecule has 2 aromatic heterocycles. The zero-order valence-electron chi connectivity index (χ0n) is 12.0. The summed E-state index contributed by atoms with van der Waals surface area (Å²) in [5.41, 5.74) is 2.82. The number of ether oxygens (including phenoxy) is 1. The van der Waals surface area contributed by atoms with Crippen LogP contribution in [0.1, 0.15) is 25.5 Å². The predicted molar refractivity (Wildman–Crippen MR) is 90.0 cm³/mol. The van der Waals surface area contributed by atoms with E-state index < -0.39 is 0 Å². The van der Waals surface area contributed by atoms with E-state index in [9.17, 15) is 0 Å². The monoisotopic (exact) mass is 361 g/mol. The second kappa shape index (κ2) is 5.73. The van der Waals surface area contributed by atoms with Crippen LogP contribution in [0.5, 0.6) is 5.75 Å². The summed E-state index contributed by atoms with van der Waals surface area (Å²) in [6, 6.07) is 5.80. The molecule has 0 amide bonds. The minimum atomic E-state index is 0.414. The molecule has 3 aromatic rings. The fraction of sp³-hybridized carbons (Fsp3) is 0.250. The number of hydrogen-bond donors (Lipinski definition) is 0. The number of pyridine rings is 1. The van der Waals surface area contributed by atoms with Crippen molar-refractivity contribution in [2.24, 2.45) is 0 Å². The lowest BCUT2D eigenvalue weighted by Crippen LogP contribution is -1.92. The molecular weight excluding hydrogens is 348 g/mol. The van der Waals surface area contributed by atoms with E-state index in [0.29, 0.717) is 5.92 Å². The molecule has 0 saturated carbocycles. The first kappa shape index (κ1) is 14.5. The van der Waals surface area contributed by atoms with Gasteiger partial charge in [-0.15, -0.1) is 11.3 Å². The molecule has 0 atom stereocenters. The van der Waals surface area contributed by atoms with Crippen LogP contribution in [0.4, 0.5) is 0 Å². The van der Waals surface area contributed by atoms with Crippen LogP contribution in [-0.4, -0.2) is 17.1 Å². The lowest BCUT2D eigenvalue weighted by molar-refractivity contribution is 0.419. The Morgan fingerprint density at radius 2 is 2.14 bits per heavy atom. The van der Waals surface area contributed by atoms with E-state index in [1.54, 1.807) is 18.4 Å². The molecule has 1 radical (unpaired) electrons. The molecule has 0 aliphatic heterocycles. The van der Waals surface area contributed by atoms with Crippen LogP contribution in [0.2, 0.25) is 0 Å². The number of methoxy groups -OCH3 is 1. The lowest BCUT2D eigenvalue weighted by atomic mass is 10.1.